The number of aliphatic hydroxyl groups is 1. The molecule has 0 saturated carbocycles. The van der Waals surface area contributed by atoms with E-state index in [1.165, 1.54) is 18.1 Å². The maximum Gasteiger partial charge on any atom is 0.242 e. The second kappa shape index (κ2) is 6.04. The molecule has 1 amide bonds. The van der Waals surface area contributed by atoms with Crippen molar-refractivity contribution in [2.75, 3.05) is 20.3 Å². The Morgan fingerprint density at radius 1 is 1.73 bits per heavy atom. The van der Waals surface area contributed by atoms with Crippen molar-refractivity contribution < 1.29 is 14.6 Å². The number of ether oxygens (including phenoxy) is 1. The first-order chi connectivity index (χ1) is 7.26. The van der Waals surface area contributed by atoms with Crippen LogP contribution in [0.5, 0.6) is 0 Å². The fraction of sp³-hybridized carbons (Fsp3) is 0.714. The van der Waals surface area contributed by atoms with Gasteiger partial charge >= 0.3 is 0 Å². The molecule has 1 aromatic rings. The fourth-order valence-corrected chi connectivity index (χ4v) is 1.01. The first-order valence-corrected chi connectivity index (χ1v) is 4.36. The van der Waals surface area contributed by atoms with E-state index in [0.29, 0.717) is 0 Å². The van der Waals surface area contributed by atoms with Gasteiger partial charge < -0.3 is 15.2 Å². The highest BCUT2D eigenvalue weighted by Crippen LogP contribution is 1.85. The normalized spacial score (nSPS) is 12.4. The van der Waals surface area contributed by atoms with Gasteiger partial charge in [-0.2, -0.15) is 0 Å². The molecule has 0 aliphatic carbocycles. The molecule has 0 saturated heterocycles. The first-order valence-electron chi connectivity index (χ1n) is 4.36. The Bertz CT molecular complexity index is 289. The zero-order valence-corrected chi connectivity index (χ0v) is 8.33. The van der Waals surface area contributed by atoms with Crippen LogP contribution >= 0.6 is 0 Å². The van der Waals surface area contributed by atoms with Gasteiger partial charge in [-0.3, -0.25) is 4.79 Å². The molecule has 8 nitrogen and oxygen atoms in total. The molecule has 8 heteroatoms. The van der Waals surface area contributed by atoms with E-state index in [1.54, 1.807) is 0 Å². The molecule has 0 aromatic carbocycles. The van der Waals surface area contributed by atoms with E-state index in [0.717, 1.165) is 0 Å². The van der Waals surface area contributed by atoms with Crippen LogP contribution in [0.2, 0.25) is 0 Å². The van der Waals surface area contributed by atoms with E-state index in [1.807, 2.05) is 0 Å². The van der Waals surface area contributed by atoms with E-state index in [4.69, 9.17) is 9.84 Å². The number of carbonyl (C=O) groups excluding carboxylic acids is 1. The van der Waals surface area contributed by atoms with Crippen LogP contribution < -0.4 is 5.32 Å². The Morgan fingerprint density at radius 3 is 3.07 bits per heavy atom. The molecule has 2 N–H and O–H groups in total. The quantitative estimate of drug-likeness (QED) is 0.558. The van der Waals surface area contributed by atoms with Gasteiger partial charge in [0.05, 0.1) is 19.3 Å². The Hall–Kier alpha value is -1.54. The lowest BCUT2D eigenvalue weighted by atomic mass is 10.3. The Kier molecular flexibility index (Phi) is 4.64. The van der Waals surface area contributed by atoms with Crippen molar-refractivity contribution in [1.82, 2.24) is 25.5 Å². The summed E-state index contributed by atoms with van der Waals surface area (Å²) in [6.45, 7) is 0.111. The van der Waals surface area contributed by atoms with Gasteiger partial charge in [0.25, 0.3) is 0 Å². The number of aromatic nitrogens is 4. The third-order valence-electron chi connectivity index (χ3n) is 1.65. The van der Waals surface area contributed by atoms with Crippen LogP contribution in [0.4, 0.5) is 0 Å². The highest BCUT2D eigenvalue weighted by molar-refractivity contribution is 5.75. The van der Waals surface area contributed by atoms with Gasteiger partial charge in [-0.25, -0.2) is 4.68 Å². The zero-order chi connectivity index (χ0) is 11.1. The number of hydrogen-bond acceptors (Lipinski definition) is 6. The maximum absolute atomic E-state index is 11.4. The molecular formula is C7H13N5O3. The monoisotopic (exact) mass is 215 g/mol. The summed E-state index contributed by atoms with van der Waals surface area (Å²) in [7, 11) is 1.50. The van der Waals surface area contributed by atoms with Crippen LogP contribution in [0.25, 0.3) is 0 Å². The Labute approximate surface area is 86.2 Å². The molecule has 0 radical (unpaired) electrons. The second-order valence-corrected chi connectivity index (χ2v) is 2.91. The van der Waals surface area contributed by atoms with Crippen molar-refractivity contribution >= 4 is 5.91 Å². The summed E-state index contributed by atoms with van der Waals surface area (Å²) < 4.78 is 6.10. The number of nitrogens with zero attached hydrogens (tertiary/aromatic N) is 4. The summed E-state index contributed by atoms with van der Waals surface area (Å²) >= 11 is 0. The van der Waals surface area contributed by atoms with Gasteiger partial charge in [-0.1, -0.05) is 0 Å². The number of methoxy groups -OCH3 is 1. The van der Waals surface area contributed by atoms with Crippen LogP contribution in [-0.4, -0.2) is 57.6 Å². The van der Waals surface area contributed by atoms with E-state index in [-0.39, 0.29) is 25.7 Å². The van der Waals surface area contributed by atoms with Crippen molar-refractivity contribution in [1.29, 1.82) is 0 Å². The molecule has 0 bridgehead atoms. The van der Waals surface area contributed by atoms with Gasteiger partial charge in [-0.05, 0) is 10.4 Å². The van der Waals surface area contributed by atoms with Gasteiger partial charge in [0, 0.05) is 7.11 Å². The minimum atomic E-state index is -0.404. The molecule has 1 aromatic heterocycles. The molecule has 0 spiro atoms. The third-order valence-corrected chi connectivity index (χ3v) is 1.65. The molecule has 1 rings (SSSR count). The van der Waals surface area contributed by atoms with Gasteiger partial charge in [0.15, 0.2) is 0 Å². The maximum atomic E-state index is 11.4. The molecule has 84 valence electrons. The van der Waals surface area contributed by atoms with E-state index in [9.17, 15) is 4.79 Å². The van der Waals surface area contributed by atoms with Crippen molar-refractivity contribution in [2.24, 2.45) is 0 Å². The van der Waals surface area contributed by atoms with Crippen LogP contribution in [0.3, 0.4) is 0 Å². The predicted octanol–water partition coefficient (Wildman–Crippen LogP) is -2.20. The van der Waals surface area contributed by atoms with Crippen LogP contribution in [-0.2, 0) is 16.1 Å². The number of amides is 1. The number of rotatable bonds is 6. The third kappa shape index (κ3) is 4.00. The summed E-state index contributed by atoms with van der Waals surface area (Å²) in [5, 5.41) is 21.8. The number of tetrazole rings is 1. The van der Waals surface area contributed by atoms with Crippen molar-refractivity contribution in [3.05, 3.63) is 6.33 Å². The average Bonchev–Trinajstić information content (AvgIpc) is 2.69. The SMILES string of the molecule is COCC(CO)NC(=O)Cn1cnnn1. The number of aliphatic hydroxyl groups excluding tert-OH is 1. The summed E-state index contributed by atoms with van der Waals surface area (Å²) in [6.07, 6.45) is 1.34. The number of carbonyl (C=O) groups is 1. The van der Waals surface area contributed by atoms with Gasteiger partial charge in [-0.15, -0.1) is 5.10 Å². The minimum Gasteiger partial charge on any atom is -0.394 e. The molecule has 0 aliphatic rings. The number of hydrogen-bond donors (Lipinski definition) is 2. The Balaban J connectivity index is 2.34. The van der Waals surface area contributed by atoms with Crippen LogP contribution in [0, 0.1) is 0 Å². The summed E-state index contributed by atoms with van der Waals surface area (Å²) in [5.41, 5.74) is 0. The largest absolute Gasteiger partial charge is 0.394 e. The topological polar surface area (TPSA) is 102 Å². The molecule has 0 fully saturated rings. The minimum absolute atomic E-state index is 0.0210. The predicted molar refractivity (Wildman–Crippen MR) is 48.7 cm³/mol. The van der Waals surface area contributed by atoms with Crippen LogP contribution in [0.1, 0.15) is 0 Å². The van der Waals surface area contributed by atoms with Gasteiger partial charge in [0.2, 0.25) is 5.91 Å². The highest BCUT2D eigenvalue weighted by Gasteiger charge is 2.11. The molecule has 1 unspecified atom stereocenters. The lowest BCUT2D eigenvalue weighted by Crippen LogP contribution is -2.42. The lowest BCUT2D eigenvalue weighted by Gasteiger charge is -2.14. The van der Waals surface area contributed by atoms with Crippen molar-refractivity contribution in [3.8, 4) is 0 Å². The fourth-order valence-electron chi connectivity index (χ4n) is 1.01. The molecule has 1 atom stereocenters. The summed E-state index contributed by atoms with van der Waals surface area (Å²) in [6, 6.07) is -0.404. The molecule has 15 heavy (non-hydrogen) atoms. The summed E-state index contributed by atoms with van der Waals surface area (Å²) in [5.74, 6) is -0.279. The lowest BCUT2D eigenvalue weighted by molar-refractivity contribution is -0.123. The van der Waals surface area contributed by atoms with Crippen molar-refractivity contribution in [3.63, 3.8) is 0 Å². The summed E-state index contributed by atoms with van der Waals surface area (Å²) in [4.78, 5) is 11.4. The van der Waals surface area contributed by atoms with Crippen LogP contribution in [0.15, 0.2) is 6.33 Å². The second-order valence-electron chi connectivity index (χ2n) is 2.91. The number of nitrogens with one attached hydrogen (secondary N) is 1. The van der Waals surface area contributed by atoms with Gasteiger partial charge in [0.1, 0.15) is 12.9 Å². The van der Waals surface area contributed by atoms with E-state index < -0.39 is 6.04 Å². The van der Waals surface area contributed by atoms with E-state index >= 15 is 0 Å². The Morgan fingerprint density at radius 2 is 2.53 bits per heavy atom. The average molecular weight is 215 g/mol. The van der Waals surface area contributed by atoms with Crippen molar-refractivity contribution in [2.45, 2.75) is 12.6 Å². The molecular weight excluding hydrogens is 202 g/mol. The zero-order valence-electron chi connectivity index (χ0n) is 8.33. The molecule has 1 heterocycles. The standard InChI is InChI=1S/C7H13N5O3/c1-15-4-6(3-13)9-7(14)2-12-5-8-10-11-12/h5-6,13H,2-4H2,1H3,(H,9,14). The highest BCUT2D eigenvalue weighted by atomic mass is 16.5. The molecule has 0 aliphatic heterocycles. The smallest absolute Gasteiger partial charge is 0.242 e. The van der Waals surface area contributed by atoms with E-state index in [2.05, 4.69) is 20.8 Å². The first kappa shape index (κ1) is 11.5.